The molecular weight excluding hydrogens is 311 g/mol. The van der Waals surface area contributed by atoms with Gasteiger partial charge in [0.1, 0.15) is 0 Å². The van der Waals surface area contributed by atoms with E-state index < -0.39 is 0 Å². The van der Waals surface area contributed by atoms with E-state index in [0.29, 0.717) is 26.1 Å². The number of unbranched alkanes of at least 4 members (excludes halogenated alkanes) is 1. The zero-order chi connectivity index (χ0) is 17.5. The number of methoxy groups -OCH3 is 2. The Kier molecular flexibility index (Phi) is 6.99. The minimum absolute atomic E-state index is 0.0583. The van der Waals surface area contributed by atoms with Crippen molar-refractivity contribution in [3.63, 3.8) is 0 Å². The van der Waals surface area contributed by atoms with Gasteiger partial charge in [-0.1, -0.05) is 6.07 Å². The third kappa shape index (κ3) is 4.68. The van der Waals surface area contributed by atoms with Crippen LogP contribution >= 0.6 is 0 Å². The van der Waals surface area contributed by atoms with E-state index in [1.807, 2.05) is 11.0 Å². The Morgan fingerprint density at radius 2 is 2.17 bits per heavy atom. The van der Waals surface area contributed by atoms with Crippen molar-refractivity contribution < 1.29 is 18.7 Å². The number of rotatable bonds is 7. The van der Waals surface area contributed by atoms with Crippen molar-refractivity contribution in [2.75, 3.05) is 33.9 Å². The molecule has 2 atom stereocenters. The summed E-state index contributed by atoms with van der Waals surface area (Å²) in [4.78, 5) is 14.1. The van der Waals surface area contributed by atoms with Crippen LogP contribution in [0, 0.1) is 5.82 Å². The van der Waals surface area contributed by atoms with E-state index in [4.69, 9.17) is 15.2 Å². The number of carbonyl (C=O) groups excluding carboxylic acids is 1. The van der Waals surface area contributed by atoms with Gasteiger partial charge in [-0.15, -0.1) is 0 Å². The van der Waals surface area contributed by atoms with Crippen LogP contribution in [0.2, 0.25) is 0 Å². The Bertz CT molecular complexity index is 553. The van der Waals surface area contributed by atoms with Gasteiger partial charge in [0.05, 0.1) is 7.11 Å². The van der Waals surface area contributed by atoms with Gasteiger partial charge < -0.3 is 20.1 Å². The minimum Gasteiger partial charge on any atom is -0.494 e. The van der Waals surface area contributed by atoms with E-state index in [-0.39, 0.29) is 29.4 Å². The van der Waals surface area contributed by atoms with Crippen LogP contribution in [0.15, 0.2) is 18.2 Å². The van der Waals surface area contributed by atoms with Crippen molar-refractivity contribution in [1.29, 1.82) is 0 Å². The standard InChI is InChI=1S/C18H27FN2O3/c1-23-10-4-3-5-18(22)21-9-8-14(16(20)12-21)13-6-7-17(24-2)15(19)11-13/h6-7,11,14,16H,3-5,8-10,12,20H2,1-2H3/t14-,16+/m0/s1. The summed E-state index contributed by atoms with van der Waals surface area (Å²) < 4.78 is 23.8. The molecule has 6 heteroatoms. The molecule has 1 aliphatic rings. The summed E-state index contributed by atoms with van der Waals surface area (Å²) in [5.41, 5.74) is 7.14. The Morgan fingerprint density at radius 3 is 2.79 bits per heavy atom. The second-order valence-electron chi connectivity index (χ2n) is 6.24. The average Bonchev–Trinajstić information content (AvgIpc) is 2.58. The SMILES string of the molecule is COCCCCC(=O)N1CC[C@@H](c2ccc(OC)c(F)c2)[C@H](N)C1. The van der Waals surface area contributed by atoms with Gasteiger partial charge in [0.15, 0.2) is 11.6 Å². The third-order valence-electron chi connectivity index (χ3n) is 4.60. The van der Waals surface area contributed by atoms with Crippen molar-refractivity contribution in [2.45, 2.75) is 37.6 Å². The molecular formula is C18H27FN2O3. The van der Waals surface area contributed by atoms with Crippen molar-refractivity contribution in [3.8, 4) is 5.75 Å². The molecule has 24 heavy (non-hydrogen) atoms. The molecule has 0 saturated carbocycles. The van der Waals surface area contributed by atoms with Crippen LogP contribution < -0.4 is 10.5 Å². The third-order valence-corrected chi connectivity index (χ3v) is 4.60. The fourth-order valence-electron chi connectivity index (χ4n) is 3.22. The van der Waals surface area contributed by atoms with E-state index in [9.17, 15) is 9.18 Å². The lowest BCUT2D eigenvalue weighted by molar-refractivity contribution is -0.132. The molecule has 0 aromatic heterocycles. The van der Waals surface area contributed by atoms with Gasteiger partial charge in [-0.3, -0.25) is 4.79 Å². The molecule has 1 amide bonds. The van der Waals surface area contributed by atoms with Gasteiger partial charge in [0, 0.05) is 45.2 Å². The molecule has 0 spiro atoms. The number of ether oxygens (including phenoxy) is 2. The Labute approximate surface area is 142 Å². The molecule has 1 aromatic carbocycles. The number of nitrogens with zero attached hydrogens (tertiary/aromatic N) is 1. The summed E-state index contributed by atoms with van der Waals surface area (Å²) in [7, 11) is 3.11. The zero-order valence-electron chi connectivity index (χ0n) is 14.5. The topological polar surface area (TPSA) is 64.8 Å². The number of carbonyl (C=O) groups is 1. The van der Waals surface area contributed by atoms with Crippen LogP contribution in [-0.4, -0.2) is 50.8 Å². The van der Waals surface area contributed by atoms with Crippen LogP contribution in [0.5, 0.6) is 5.75 Å². The Balaban J connectivity index is 1.90. The monoisotopic (exact) mass is 338 g/mol. The van der Waals surface area contributed by atoms with Gasteiger partial charge >= 0.3 is 0 Å². The number of hydrogen-bond donors (Lipinski definition) is 1. The van der Waals surface area contributed by atoms with Gasteiger partial charge in [0.2, 0.25) is 5.91 Å². The van der Waals surface area contributed by atoms with Gasteiger partial charge in [0.25, 0.3) is 0 Å². The van der Waals surface area contributed by atoms with Crippen LogP contribution in [0.25, 0.3) is 0 Å². The maximum atomic E-state index is 13.9. The van der Waals surface area contributed by atoms with Gasteiger partial charge in [-0.2, -0.15) is 0 Å². The number of likely N-dealkylation sites (tertiary alicyclic amines) is 1. The average molecular weight is 338 g/mol. The molecule has 1 saturated heterocycles. The molecule has 2 N–H and O–H groups in total. The molecule has 1 aromatic rings. The highest BCUT2D eigenvalue weighted by atomic mass is 19.1. The van der Waals surface area contributed by atoms with Crippen molar-refractivity contribution in [1.82, 2.24) is 4.90 Å². The molecule has 0 radical (unpaired) electrons. The van der Waals surface area contributed by atoms with Crippen LogP contribution in [0.1, 0.15) is 37.2 Å². The highest BCUT2D eigenvalue weighted by molar-refractivity contribution is 5.76. The van der Waals surface area contributed by atoms with E-state index in [1.54, 1.807) is 13.2 Å². The predicted octanol–water partition coefficient (Wildman–Crippen LogP) is 2.29. The summed E-state index contributed by atoms with van der Waals surface area (Å²) in [5.74, 6) is 0.0544. The quantitative estimate of drug-likeness (QED) is 0.775. The van der Waals surface area contributed by atoms with Crippen molar-refractivity contribution in [3.05, 3.63) is 29.6 Å². The van der Waals surface area contributed by atoms with Gasteiger partial charge in [-0.25, -0.2) is 4.39 Å². The number of halogens is 1. The van der Waals surface area contributed by atoms with Crippen LogP contribution in [0.4, 0.5) is 4.39 Å². The summed E-state index contributed by atoms with van der Waals surface area (Å²) in [6.45, 7) is 1.86. The maximum absolute atomic E-state index is 13.9. The van der Waals surface area contributed by atoms with Crippen LogP contribution in [0.3, 0.4) is 0 Å². The summed E-state index contributed by atoms with van der Waals surface area (Å²) in [6, 6.07) is 4.79. The van der Waals surface area contributed by atoms with Crippen molar-refractivity contribution >= 4 is 5.91 Å². The number of amides is 1. The largest absolute Gasteiger partial charge is 0.494 e. The summed E-state index contributed by atoms with van der Waals surface area (Å²) in [5, 5.41) is 0. The predicted molar refractivity (Wildman–Crippen MR) is 90.6 cm³/mol. The Morgan fingerprint density at radius 1 is 1.38 bits per heavy atom. The van der Waals surface area contributed by atoms with Crippen molar-refractivity contribution in [2.24, 2.45) is 5.73 Å². The highest BCUT2D eigenvalue weighted by Crippen LogP contribution is 2.30. The first-order valence-electron chi connectivity index (χ1n) is 8.42. The molecule has 2 rings (SSSR count). The van der Waals surface area contributed by atoms with E-state index in [2.05, 4.69) is 0 Å². The summed E-state index contributed by atoms with van der Waals surface area (Å²) >= 11 is 0. The molecule has 0 unspecified atom stereocenters. The van der Waals surface area contributed by atoms with E-state index in [0.717, 1.165) is 24.8 Å². The molecule has 134 valence electrons. The van der Waals surface area contributed by atoms with E-state index in [1.165, 1.54) is 13.2 Å². The zero-order valence-corrected chi connectivity index (χ0v) is 14.5. The van der Waals surface area contributed by atoms with E-state index >= 15 is 0 Å². The molecule has 5 nitrogen and oxygen atoms in total. The number of nitrogens with two attached hydrogens (primary N) is 1. The van der Waals surface area contributed by atoms with Crippen LogP contribution in [-0.2, 0) is 9.53 Å². The van der Waals surface area contributed by atoms with Gasteiger partial charge in [-0.05, 0) is 37.0 Å². The normalized spacial score (nSPS) is 20.9. The first kappa shape index (κ1) is 18.7. The molecule has 1 heterocycles. The molecule has 0 aliphatic carbocycles. The minimum atomic E-state index is -0.376. The fraction of sp³-hybridized carbons (Fsp3) is 0.611. The number of hydrogen-bond acceptors (Lipinski definition) is 4. The maximum Gasteiger partial charge on any atom is 0.222 e. The lowest BCUT2D eigenvalue weighted by Crippen LogP contribution is -2.49. The molecule has 1 fully saturated rings. The second kappa shape index (κ2) is 8.99. The molecule has 0 bridgehead atoms. The highest BCUT2D eigenvalue weighted by Gasteiger charge is 2.30. The first-order chi connectivity index (χ1) is 11.6. The first-order valence-corrected chi connectivity index (χ1v) is 8.42. The summed E-state index contributed by atoms with van der Waals surface area (Å²) in [6.07, 6.45) is 2.98. The fourth-order valence-corrected chi connectivity index (χ4v) is 3.22. The molecule has 1 aliphatic heterocycles. The smallest absolute Gasteiger partial charge is 0.222 e. The number of piperidine rings is 1. The number of benzene rings is 1. The lowest BCUT2D eigenvalue weighted by atomic mass is 9.85. The second-order valence-corrected chi connectivity index (χ2v) is 6.24. The lowest BCUT2D eigenvalue weighted by Gasteiger charge is -2.37. The Hall–Kier alpha value is -1.66.